The number of anilines is 8. The first-order chi connectivity index (χ1) is 32.2. The molecule has 3 aliphatic heterocycles. The molecule has 5 aliphatic rings. The molecule has 0 spiro atoms. The SMILES string of the molecule is [2H]c1c([2H])c([2H])c(N2c3cc4c(cc3C3(C)CCCCC23C)B2c3c(cc(C)cc3N(c3ccc(C(C)(C)C)cc3)c3sc5c(c32)C(C)(C)CCC5(C)C)N4c2ccc(C(C)(C)C)cc2)c([2H])c1[2H]. The summed E-state index contributed by atoms with van der Waals surface area (Å²) in [7, 11) is 0. The zero-order valence-corrected chi connectivity index (χ0v) is 41.3. The van der Waals surface area contributed by atoms with Gasteiger partial charge in [0.15, 0.2) is 0 Å². The number of para-hydroxylation sites is 1. The number of benzene rings is 5. The topological polar surface area (TPSA) is 9.72 Å². The number of aryl methyl sites for hydroxylation is 1. The predicted molar refractivity (Wildman–Crippen MR) is 279 cm³/mol. The van der Waals surface area contributed by atoms with Gasteiger partial charge in [-0.2, -0.15) is 0 Å². The van der Waals surface area contributed by atoms with Crippen molar-refractivity contribution in [3.63, 3.8) is 0 Å². The minimum absolute atomic E-state index is 0.00234. The highest BCUT2D eigenvalue weighted by Crippen LogP contribution is 2.62. The second-order valence-electron chi connectivity index (χ2n) is 23.8. The third-order valence-electron chi connectivity index (χ3n) is 16.6. The standard InChI is InChI=1S/C59H68BN3S/c1-37-33-47-50-48(34-37)62(41-27-23-39(24-28-41)55(5,6)7)53-51(49-52(64-53)57(10,11)32-31-56(49,8)9)60(50)44-35-43-45(36-46(44)61(47)40-25-21-38(22-26-40)54(2,3)4)63(42-19-15-14-16-20-42)59(13)30-18-17-29-58(43,59)12/h14-16,19-28,33-36H,17-18,29-32H2,1-13H3/i14D,15D,16D,19D,20D. The average Bonchev–Trinajstić information content (AvgIpc) is 3.79. The summed E-state index contributed by atoms with van der Waals surface area (Å²) in [5, 5.41) is 1.31. The molecule has 1 fully saturated rings. The smallest absolute Gasteiger partial charge is 0.253 e. The number of nitrogens with zero attached hydrogens (tertiary/aromatic N) is 3. The Hall–Kier alpha value is -4.74. The molecule has 0 radical (unpaired) electrons. The van der Waals surface area contributed by atoms with Gasteiger partial charge in [0.05, 0.1) is 17.4 Å². The number of fused-ring (bicyclic) bond motifs is 9. The number of hydrogen-bond acceptors (Lipinski definition) is 4. The van der Waals surface area contributed by atoms with Crippen LogP contribution in [0.2, 0.25) is 0 Å². The Morgan fingerprint density at radius 2 is 1.16 bits per heavy atom. The van der Waals surface area contributed by atoms with Crippen LogP contribution in [0.5, 0.6) is 0 Å². The van der Waals surface area contributed by atoms with Crippen molar-refractivity contribution in [1.82, 2.24) is 0 Å². The summed E-state index contributed by atoms with van der Waals surface area (Å²) in [6, 6.07) is 27.0. The second-order valence-corrected chi connectivity index (χ2v) is 24.8. The molecule has 0 bridgehead atoms. The number of thiophene rings is 1. The van der Waals surface area contributed by atoms with Crippen molar-refractivity contribution in [3.8, 4) is 0 Å². The van der Waals surface area contributed by atoms with Gasteiger partial charge in [-0.05, 0) is 160 Å². The van der Waals surface area contributed by atoms with Crippen molar-refractivity contribution in [1.29, 1.82) is 0 Å². The second kappa shape index (κ2) is 13.7. The van der Waals surface area contributed by atoms with Crippen molar-refractivity contribution in [2.45, 2.75) is 161 Å². The Kier molecular flexibility index (Phi) is 7.79. The van der Waals surface area contributed by atoms with Crippen LogP contribution in [0.1, 0.15) is 161 Å². The number of rotatable bonds is 3. The quantitative estimate of drug-likeness (QED) is 0.164. The highest BCUT2D eigenvalue weighted by molar-refractivity contribution is 7.20. The average molecular weight is 867 g/mol. The molecule has 328 valence electrons. The summed E-state index contributed by atoms with van der Waals surface area (Å²) in [5.74, 6) is 0. The lowest BCUT2D eigenvalue weighted by atomic mass is 9.32. The largest absolute Gasteiger partial charge is 0.334 e. The van der Waals surface area contributed by atoms with Crippen LogP contribution in [-0.4, -0.2) is 12.3 Å². The van der Waals surface area contributed by atoms with E-state index < -0.39 is 5.54 Å². The van der Waals surface area contributed by atoms with Gasteiger partial charge in [0, 0.05) is 50.1 Å². The third-order valence-corrected chi connectivity index (χ3v) is 18.2. The molecule has 2 unspecified atom stereocenters. The minimum Gasteiger partial charge on any atom is -0.334 e. The van der Waals surface area contributed by atoms with Gasteiger partial charge >= 0.3 is 0 Å². The summed E-state index contributed by atoms with van der Waals surface area (Å²) < 4.78 is 45.4. The fourth-order valence-electron chi connectivity index (χ4n) is 12.7. The molecule has 11 rings (SSSR count). The van der Waals surface area contributed by atoms with Crippen molar-refractivity contribution < 1.29 is 6.85 Å². The molecular formula is C59H68BN3S. The first-order valence-electron chi connectivity index (χ1n) is 26.4. The molecule has 4 heterocycles. The van der Waals surface area contributed by atoms with E-state index in [1.165, 1.54) is 65.5 Å². The molecule has 1 aromatic heterocycles. The highest BCUT2D eigenvalue weighted by Gasteiger charge is 2.59. The van der Waals surface area contributed by atoms with Crippen LogP contribution in [0.25, 0.3) is 0 Å². The van der Waals surface area contributed by atoms with E-state index in [0.717, 1.165) is 61.3 Å². The summed E-state index contributed by atoms with van der Waals surface area (Å²) in [5.41, 5.74) is 16.4. The zero-order valence-electron chi connectivity index (χ0n) is 45.5. The van der Waals surface area contributed by atoms with Gasteiger partial charge in [-0.3, -0.25) is 0 Å². The molecule has 0 saturated heterocycles. The van der Waals surface area contributed by atoms with E-state index in [-0.39, 0.29) is 69.7 Å². The first-order valence-corrected chi connectivity index (χ1v) is 24.7. The molecule has 0 amide bonds. The molecule has 5 aromatic carbocycles. The van der Waals surface area contributed by atoms with E-state index >= 15 is 0 Å². The van der Waals surface area contributed by atoms with Gasteiger partial charge in [0.2, 0.25) is 0 Å². The van der Waals surface area contributed by atoms with Crippen molar-refractivity contribution in [2.75, 3.05) is 14.7 Å². The minimum atomic E-state index is -0.555. The number of hydrogen-bond donors (Lipinski definition) is 0. The Labute approximate surface area is 396 Å². The third kappa shape index (κ3) is 5.83. The fraction of sp³-hybridized carbons (Fsp3) is 0.424. The van der Waals surface area contributed by atoms with Crippen molar-refractivity contribution in [2.24, 2.45) is 0 Å². The van der Waals surface area contributed by atoms with Crippen molar-refractivity contribution >= 4 is 79.3 Å². The van der Waals surface area contributed by atoms with Gasteiger partial charge in [-0.1, -0.05) is 137 Å². The van der Waals surface area contributed by atoms with E-state index in [1.54, 1.807) is 0 Å². The Bertz CT molecular complexity index is 3130. The van der Waals surface area contributed by atoms with Gasteiger partial charge in [0.1, 0.15) is 0 Å². The Morgan fingerprint density at radius 3 is 1.77 bits per heavy atom. The maximum atomic E-state index is 9.47. The zero-order chi connectivity index (χ0) is 49.4. The van der Waals surface area contributed by atoms with Gasteiger partial charge < -0.3 is 14.7 Å². The molecule has 6 aromatic rings. The van der Waals surface area contributed by atoms with Crippen LogP contribution in [0.3, 0.4) is 0 Å². The maximum Gasteiger partial charge on any atom is 0.253 e. The summed E-state index contributed by atoms with van der Waals surface area (Å²) in [6.07, 6.45) is 6.06. The molecule has 64 heavy (non-hydrogen) atoms. The van der Waals surface area contributed by atoms with Gasteiger partial charge in [0.25, 0.3) is 6.71 Å². The lowest BCUT2D eigenvalue weighted by molar-refractivity contribution is 0.195. The summed E-state index contributed by atoms with van der Waals surface area (Å²) in [4.78, 5) is 8.80. The first kappa shape index (κ1) is 36.5. The predicted octanol–water partition coefficient (Wildman–Crippen LogP) is 14.8. The van der Waals surface area contributed by atoms with Crippen LogP contribution in [0, 0.1) is 6.92 Å². The monoisotopic (exact) mass is 867 g/mol. The van der Waals surface area contributed by atoms with E-state index in [1.807, 2.05) is 11.3 Å². The van der Waals surface area contributed by atoms with E-state index in [4.69, 9.17) is 4.11 Å². The Balaban J connectivity index is 1.28. The maximum absolute atomic E-state index is 9.47. The van der Waals surface area contributed by atoms with Crippen LogP contribution < -0.4 is 31.1 Å². The summed E-state index contributed by atoms with van der Waals surface area (Å²) in [6.45, 7) is 30.4. The van der Waals surface area contributed by atoms with Crippen molar-refractivity contribution in [3.05, 3.63) is 136 Å². The van der Waals surface area contributed by atoms with Gasteiger partial charge in [-0.15, -0.1) is 11.3 Å². The Morgan fingerprint density at radius 1 is 0.594 bits per heavy atom. The molecule has 2 atom stereocenters. The van der Waals surface area contributed by atoms with Gasteiger partial charge in [-0.25, -0.2) is 0 Å². The normalized spacial score (nSPS) is 23.7. The van der Waals surface area contributed by atoms with Crippen LogP contribution >= 0.6 is 11.3 Å². The highest BCUT2D eigenvalue weighted by atomic mass is 32.1. The molecule has 5 heteroatoms. The summed E-state index contributed by atoms with van der Waals surface area (Å²) >= 11 is 2.01. The van der Waals surface area contributed by atoms with E-state index in [2.05, 4.69) is 178 Å². The molecule has 2 aliphatic carbocycles. The van der Waals surface area contributed by atoms with E-state index in [0.29, 0.717) is 0 Å². The van der Waals surface area contributed by atoms with E-state index in [9.17, 15) is 2.74 Å². The molecule has 0 N–H and O–H groups in total. The molecule has 3 nitrogen and oxygen atoms in total. The lowest BCUT2D eigenvalue weighted by Gasteiger charge is -2.50. The molecular weight excluding hydrogens is 794 g/mol. The fourth-order valence-corrected chi connectivity index (χ4v) is 14.3. The molecule has 1 saturated carbocycles. The van der Waals surface area contributed by atoms with Crippen LogP contribution in [0.15, 0.2) is 103 Å². The van der Waals surface area contributed by atoms with Crippen LogP contribution in [-0.2, 0) is 27.1 Å². The van der Waals surface area contributed by atoms with Crippen LogP contribution in [0.4, 0.5) is 44.8 Å². The lowest BCUT2D eigenvalue weighted by Crippen LogP contribution is -2.62.